The average molecular weight is 354 g/mol. The van der Waals surface area contributed by atoms with Crippen LogP contribution in [0, 0.1) is 0 Å². The van der Waals surface area contributed by atoms with E-state index in [-0.39, 0.29) is 11.3 Å². The minimum absolute atomic E-state index is 0.109. The molecule has 0 saturated carbocycles. The van der Waals surface area contributed by atoms with Crippen LogP contribution in [0.4, 0.5) is 0 Å². The summed E-state index contributed by atoms with van der Waals surface area (Å²) < 4.78 is 5.18. The molecule has 25 heavy (non-hydrogen) atoms. The number of aromatic carboxylic acids is 1. The number of carbonyl (C=O) groups is 1. The van der Waals surface area contributed by atoms with E-state index in [4.69, 9.17) is 4.52 Å². The van der Waals surface area contributed by atoms with Crippen molar-refractivity contribution in [2.75, 3.05) is 0 Å². The fourth-order valence-electron chi connectivity index (χ4n) is 2.72. The van der Waals surface area contributed by atoms with Crippen LogP contribution in [0.2, 0.25) is 0 Å². The van der Waals surface area contributed by atoms with E-state index in [9.17, 15) is 19.7 Å². The van der Waals surface area contributed by atoms with Crippen molar-refractivity contribution < 1.29 is 24.2 Å². The topological polar surface area (TPSA) is 87.0 Å². The zero-order valence-corrected chi connectivity index (χ0v) is 13.9. The van der Waals surface area contributed by atoms with Crippen LogP contribution >= 0.6 is 8.60 Å². The molecular formula is C19H15O5P. The number of hydrogen-bond acceptors (Lipinski definition) is 4. The van der Waals surface area contributed by atoms with Gasteiger partial charge in [0.15, 0.2) is 0 Å². The van der Waals surface area contributed by atoms with Crippen LogP contribution in [-0.4, -0.2) is 20.9 Å². The van der Waals surface area contributed by atoms with Gasteiger partial charge in [-0.1, -0.05) is 60.7 Å². The molecule has 0 spiro atoms. The highest BCUT2D eigenvalue weighted by molar-refractivity contribution is 7.39. The van der Waals surface area contributed by atoms with Crippen LogP contribution in [-0.2, 0) is 0 Å². The van der Waals surface area contributed by atoms with Crippen molar-refractivity contribution in [1.82, 2.24) is 0 Å². The molecular weight excluding hydrogens is 339 g/mol. The summed E-state index contributed by atoms with van der Waals surface area (Å²) in [6.07, 6.45) is 0. The molecule has 3 aromatic carbocycles. The second kappa shape index (κ2) is 7.45. The molecule has 5 nitrogen and oxygen atoms in total. The standard InChI is InChI=1S/C19H15O5P/c20-19(21)15-11-12-16(24-25(22)23)18(14-9-5-2-6-10-14)17(15)13-7-3-1-4-8-13/h1-12,22-23H,(H,20,21). The quantitative estimate of drug-likeness (QED) is 0.595. The Morgan fingerprint density at radius 1 is 0.760 bits per heavy atom. The molecule has 0 fully saturated rings. The maximum Gasteiger partial charge on any atom is 0.391 e. The summed E-state index contributed by atoms with van der Waals surface area (Å²) in [6.45, 7) is 0. The fourth-order valence-corrected chi connectivity index (χ4v) is 3.05. The summed E-state index contributed by atoms with van der Waals surface area (Å²) in [7, 11) is -2.64. The Bertz CT molecular complexity index is 879. The van der Waals surface area contributed by atoms with Crippen LogP contribution in [0.15, 0.2) is 72.8 Å². The van der Waals surface area contributed by atoms with Crippen LogP contribution < -0.4 is 4.52 Å². The van der Waals surface area contributed by atoms with E-state index in [0.717, 1.165) is 5.56 Å². The molecule has 3 aromatic rings. The van der Waals surface area contributed by atoms with E-state index in [0.29, 0.717) is 16.7 Å². The van der Waals surface area contributed by atoms with Crippen molar-refractivity contribution in [3.8, 4) is 28.0 Å². The van der Waals surface area contributed by atoms with Crippen LogP contribution in [0.3, 0.4) is 0 Å². The summed E-state index contributed by atoms with van der Waals surface area (Å²) in [5, 5.41) is 9.64. The molecule has 3 rings (SSSR count). The van der Waals surface area contributed by atoms with Gasteiger partial charge in [-0.05, 0) is 23.3 Å². The fraction of sp³-hybridized carbons (Fsp3) is 0. The van der Waals surface area contributed by atoms with Gasteiger partial charge in [0.05, 0.1) is 5.56 Å². The predicted molar refractivity (Wildman–Crippen MR) is 96.3 cm³/mol. The van der Waals surface area contributed by atoms with Gasteiger partial charge in [0, 0.05) is 11.1 Å². The zero-order chi connectivity index (χ0) is 17.8. The summed E-state index contributed by atoms with van der Waals surface area (Å²) >= 11 is 0. The SMILES string of the molecule is O=C(O)c1ccc(OP(O)O)c(-c2ccccc2)c1-c1ccccc1. The highest BCUT2D eigenvalue weighted by atomic mass is 31.2. The Balaban J connectivity index is 2.37. The Labute approximate surface area is 145 Å². The molecule has 0 unspecified atom stereocenters. The summed E-state index contributed by atoms with van der Waals surface area (Å²) in [6, 6.07) is 21.1. The molecule has 126 valence electrons. The molecule has 0 saturated heterocycles. The van der Waals surface area contributed by atoms with Gasteiger partial charge < -0.3 is 19.4 Å². The van der Waals surface area contributed by atoms with Gasteiger partial charge >= 0.3 is 14.6 Å². The molecule has 0 bridgehead atoms. The first kappa shape index (κ1) is 17.1. The van der Waals surface area contributed by atoms with E-state index in [2.05, 4.69) is 0 Å². The Hall–Kier alpha value is -2.72. The number of benzene rings is 3. The van der Waals surface area contributed by atoms with Crippen molar-refractivity contribution in [2.24, 2.45) is 0 Å². The van der Waals surface area contributed by atoms with Crippen molar-refractivity contribution in [3.63, 3.8) is 0 Å². The van der Waals surface area contributed by atoms with E-state index in [1.54, 1.807) is 12.1 Å². The molecule has 0 aliphatic heterocycles. The Morgan fingerprint density at radius 3 is 1.76 bits per heavy atom. The third-order valence-corrected chi connectivity index (χ3v) is 4.06. The molecule has 0 radical (unpaired) electrons. The third-order valence-electron chi connectivity index (χ3n) is 3.70. The number of hydrogen-bond donors (Lipinski definition) is 3. The number of carboxylic acids is 1. The van der Waals surface area contributed by atoms with Gasteiger partial charge in [-0.25, -0.2) is 4.79 Å². The first-order chi connectivity index (χ1) is 12.1. The molecule has 0 amide bonds. The van der Waals surface area contributed by atoms with Gasteiger partial charge in [-0.15, -0.1) is 0 Å². The van der Waals surface area contributed by atoms with Gasteiger partial charge in [0.25, 0.3) is 0 Å². The van der Waals surface area contributed by atoms with Crippen LogP contribution in [0.1, 0.15) is 10.4 Å². The maximum atomic E-state index is 11.8. The van der Waals surface area contributed by atoms with Gasteiger partial charge in [0.1, 0.15) is 5.75 Å². The summed E-state index contributed by atoms with van der Waals surface area (Å²) in [5.74, 6) is -0.857. The largest absolute Gasteiger partial charge is 0.478 e. The minimum atomic E-state index is -2.64. The van der Waals surface area contributed by atoms with Gasteiger partial charge in [0.2, 0.25) is 0 Å². The molecule has 3 N–H and O–H groups in total. The Morgan fingerprint density at radius 2 is 1.28 bits per heavy atom. The smallest absolute Gasteiger partial charge is 0.391 e. The van der Waals surface area contributed by atoms with Crippen molar-refractivity contribution in [3.05, 3.63) is 78.4 Å². The average Bonchev–Trinajstić information content (AvgIpc) is 2.62. The number of carboxylic acid groups (broad SMARTS) is 1. The van der Waals surface area contributed by atoms with Crippen molar-refractivity contribution in [1.29, 1.82) is 0 Å². The van der Waals surface area contributed by atoms with Crippen LogP contribution in [0.5, 0.6) is 5.75 Å². The molecule has 6 heteroatoms. The highest BCUT2D eigenvalue weighted by Crippen LogP contribution is 2.44. The van der Waals surface area contributed by atoms with E-state index in [1.165, 1.54) is 12.1 Å². The first-order valence-electron chi connectivity index (χ1n) is 7.45. The molecule has 0 aliphatic carbocycles. The lowest BCUT2D eigenvalue weighted by atomic mass is 9.89. The Kier molecular flexibility index (Phi) is 5.10. The minimum Gasteiger partial charge on any atom is -0.478 e. The molecule has 0 aromatic heterocycles. The molecule has 0 aliphatic rings. The summed E-state index contributed by atoms with van der Waals surface area (Å²) in [4.78, 5) is 30.4. The van der Waals surface area contributed by atoms with E-state index >= 15 is 0 Å². The second-order valence-corrected chi connectivity index (χ2v) is 5.93. The first-order valence-corrected chi connectivity index (χ1v) is 8.61. The van der Waals surface area contributed by atoms with Crippen molar-refractivity contribution in [2.45, 2.75) is 0 Å². The summed E-state index contributed by atoms with van der Waals surface area (Å²) in [5.41, 5.74) is 2.49. The lowest BCUT2D eigenvalue weighted by Gasteiger charge is -2.18. The lowest BCUT2D eigenvalue weighted by Crippen LogP contribution is -2.03. The predicted octanol–water partition coefficient (Wildman–Crippen LogP) is 4.31. The molecule has 0 heterocycles. The second-order valence-electron chi connectivity index (χ2n) is 5.24. The normalized spacial score (nSPS) is 10.7. The number of rotatable bonds is 5. The lowest BCUT2D eigenvalue weighted by molar-refractivity contribution is 0.0698. The zero-order valence-electron chi connectivity index (χ0n) is 13.0. The highest BCUT2D eigenvalue weighted by Gasteiger charge is 2.22. The third kappa shape index (κ3) is 3.69. The van der Waals surface area contributed by atoms with Gasteiger partial charge in [-0.2, -0.15) is 0 Å². The van der Waals surface area contributed by atoms with Gasteiger partial charge in [-0.3, -0.25) is 0 Å². The van der Waals surface area contributed by atoms with E-state index < -0.39 is 14.6 Å². The molecule has 0 atom stereocenters. The van der Waals surface area contributed by atoms with Crippen LogP contribution in [0.25, 0.3) is 22.3 Å². The van der Waals surface area contributed by atoms with E-state index in [1.807, 2.05) is 48.5 Å². The van der Waals surface area contributed by atoms with Crippen molar-refractivity contribution >= 4 is 14.6 Å². The maximum absolute atomic E-state index is 11.8. The monoisotopic (exact) mass is 354 g/mol.